The Balaban J connectivity index is 1.96. The van der Waals surface area contributed by atoms with Gasteiger partial charge in [-0.3, -0.25) is 5.10 Å². The van der Waals surface area contributed by atoms with Crippen molar-refractivity contribution in [2.45, 2.75) is 23.7 Å². The van der Waals surface area contributed by atoms with Gasteiger partial charge in [0.2, 0.25) is 5.88 Å². The summed E-state index contributed by atoms with van der Waals surface area (Å²) in [6, 6.07) is 6.80. The lowest BCUT2D eigenvalue weighted by Gasteiger charge is -2.10. The van der Waals surface area contributed by atoms with Crippen LogP contribution in [0.4, 0.5) is 0 Å². The minimum atomic E-state index is -3.23. The Labute approximate surface area is 139 Å². The van der Waals surface area contributed by atoms with Crippen molar-refractivity contribution in [2.24, 2.45) is 0 Å². The number of aromatic amines is 1. The van der Waals surface area contributed by atoms with Gasteiger partial charge in [0.05, 0.1) is 35.0 Å². The highest BCUT2D eigenvalue weighted by atomic mass is 32.2. The van der Waals surface area contributed by atoms with Crippen molar-refractivity contribution in [3.63, 3.8) is 0 Å². The molecule has 1 N–H and O–H groups in total. The molecule has 0 amide bonds. The van der Waals surface area contributed by atoms with Crippen molar-refractivity contribution in [1.82, 2.24) is 15.2 Å². The molecule has 0 unspecified atom stereocenters. The number of methoxy groups -OCH3 is 1. The predicted molar refractivity (Wildman–Crippen MR) is 91.0 cm³/mol. The molecular weight excluding hydrogens is 326 g/mol. The van der Waals surface area contributed by atoms with E-state index in [1.54, 1.807) is 37.6 Å². The number of nitrogens with one attached hydrogen (secondary N) is 1. The summed E-state index contributed by atoms with van der Waals surface area (Å²) in [6.07, 6.45) is 5.20. The maximum Gasteiger partial charge on any atom is 0.221 e. The largest absolute Gasteiger partial charge is 0.481 e. The molecule has 0 radical (unpaired) electrons. The smallest absolute Gasteiger partial charge is 0.221 e. The van der Waals surface area contributed by atoms with Gasteiger partial charge in [-0.1, -0.05) is 12.1 Å². The summed E-state index contributed by atoms with van der Waals surface area (Å²) in [6.45, 7) is 0. The summed E-state index contributed by atoms with van der Waals surface area (Å²) < 4.78 is 28.8. The Morgan fingerprint density at radius 3 is 2.50 bits per heavy atom. The first-order valence-corrected chi connectivity index (χ1v) is 9.59. The van der Waals surface area contributed by atoms with Crippen LogP contribution in [-0.4, -0.2) is 37.0 Å². The van der Waals surface area contributed by atoms with Gasteiger partial charge < -0.3 is 4.74 Å². The lowest BCUT2D eigenvalue weighted by atomic mass is 10.0. The number of hydrogen-bond acceptors (Lipinski definition) is 5. The van der Waals surface area contributed by atoms with Crippen LogP contribution in [0.25, 0.3) is 22.0 Å². The molecule has 0 bridgehead atoms. The van der Waals surface area contributed by atoms with Crippen molar-refractivity contribution in [3.05, 3.63) is 36.2 Å². The zero-order valence-corrected chi connectivity index (χ0v) is 14.2. The number of nitrogens with zero attached hydrogens (tertiary/aromatic N) is 2. The molecule has 0 atom stereocenters. The van der Waals surface area contributed by atoms with E-state index in [0.29, 0.717) is 16.7 Å². The normalized spacial score (nSPS) is 14.9. The summed E-state index contributed by atoms with van der Waals surface area (Å²) in [4.78, 5) is 4.65. The van der Waals surface area contributed by atoms with Crippen molar-refractivity contribution < 1.29 is 13.2 Å². The van der Waals surface area contributed by atoms with Crippen molar-refractivity contribution in [1.29, 1.82) is 0 Å². The molecule has 1 aliphatic rings. The van der Waals surface area contributed by atoms with Crippen LogP contribution < -0.4 is 4.74 Å². The predicted octanol–water partition coefficient (Wildman–Crippen LogP) is 2.91. The van der Waals surface area contributed by atoms with Crippen molar-refractivity contribution in [2.75, 3.05) is 13.4 Å². The highest BCUT2D eigenvalue weighted by Gasteiger charge is 2.30. The molecule has 1 fully saturated rings. The average molecular weight is 343 g/mol. The van der Waals surface area contributed by atoms with Gasteiger partial charge in [-0.25, -0.2) is 13.4 Å². The number of sulfone groups is 1. The number of benzene rings is 1. The summed E-state index contributed by atoms with van der Waals surface area (Å²) in [5.74, 6) is 0.984. The van der Waals surface area contributed by atoms with Gasteiger partial charge in [-0.05, 0) is 30.5 Å². The maximum absolute atomic E-state index is 11.7. The van der Waals surface area contributed by atoms with E-state index >= 15 is 0 Å². The third kappa shape index (κ3) is 2.45. The SMILES string of the molecule is COc1ncc2[nH]nc(C3CC3)c2c1-c1ccc(S(C)(=O)=O)cc1. The lowest BCUT2D eigenvalue weighted by Crippen LogP contribution is -1.97. The molecule has 0 saturated heterocycles. The number of ether oxygens (including phenoxy) is 1. The number of hydrogen-bond donors (Lipinski definition) is 1. The number of rotatable bonds is 4. The fourth-order valence-electron chi connectivity index (χ4n) is 2.96. The highest BCUT2D eigenvalue weighted by molar-refractivity contribution is 7.90. The molecule has 6 nitrogen and oxygen atoms in total. The lowest BCUT2D eigenvalue weighted by molar-refractivity contribution is 0.400. The van der Waals surface area contributed by atoms with E-state index in [1.165, 1.54) is 6.26 Å². The third-order valence-electron chi connectivity index (χ3n) is 4.33. The van der Waals surface area contributed by atoms with Crippen LogP contribution in [0.1, 0.15) is 24.5 Å². The van der Waals surface area contributed by atoms with Gasteiger partial charge in [0.15, 0.2) is 9.84 Å². The van der Waals surface area contributed by atoms with Gasteiger partial charge in [-0.15, -0.1) is 0 Å². The van der Waals surface area contributed by atoms with Crippen molar-refractivity contribution >= 4 is 20.7 Å². The minimum absolute atomic E-state index is 0.292. The summed E-state index contributed by atoms with van der Waals surface area (Å²) in [7, 11) is -1.64. The van der Waals surface area contributed by atoms with Gasteiger partial charge in [0.1, 0.15) is 0 Å². The zero-order chi connectivity index (χ0) is 16.9. The Hall–Kier alpha value is -2.41. The molecule has 1 aliphatic carbocycles. The Morgan fingerprint density at radius 2 is 1.92 bits per heavy atom. The topological polar surface area (TPSA) is 84.9 Å². The molecule has 0 spiro atoms. The summed E-state index contributed by atoms with van der Waals surface area (Å²) in [5, 5.41) is 8.51. The standard InChI is InChI=1S/C17H17N3O3S/c1-23-17-14(10-5-7-12(8-6-10)24(2,21)22)15-13(9-18-17)19-20-16(15)11-3-4-11/h5-9,11H,3-4H2,1-2H3,(H,19,20). The first-order chi connectivity index (χ1) is 11.5. The first kappa shape index (κ1) is 15.1. The van der Waals surface area contributed by atoms with Gasteiger partial charge >= 0.3 is 0 Å². The van der Waals surface area contributed by atoms with Crippen LogP contribution in [0.3, 0.4) is 0 Å². The molecule has 2 aromatic heterocycles. The minimum Gasteiger partial charge on any atom is -0.481 e. The number of fused-ring (bicyclic) bond motifs is 1. The van der Waals surface area contributed by atoms with Gasteiger partial charge in [-0.2, -0.15) is 5.10 Å². The Kier molecular flexibility index (Phi) is 3.35. The van der Waals surface area contributed by atoms with Crippen molar-refractivity contribution in [3.8, 4) is 17.0 Å². The van der Waals surface area contributed by atoms with E-state index < -0.39 is 9.84 Å². The molecule has 1 saturated carbocycles. The van der Waals surface area contributed by atoms with Gasteiger partial charge in [0.25, 0.3) is 0 Å². The molecule has 124 valence electrons. The fraction of sp³-hybridized carbons (Fsp3) is 0.294. The van der Waals surface area contributed by atoms with E-state index in [2.05, 4.69) is 15.2 Å². The molecule has 24 heavy (non-hydrogen) atoms. The fourth-order valence-corrected chi connectivity index (χ4v) is 3.60. The number of H-pyrrole nitrogens is 1. The second kappa shape index (κ2) is 5.31. The molecule has 2 heterocycles. The van der Waals surface area contributed by atoms with E-state index in [9.17, 15) is 8.42 Å². The second-order valence-electron chi connectivity index (χ2n) is 6.11. The second-order valence-corrected chi connectivity index (χ2v) is 8.13. The third-order valence-corrected chi connectivity index (χ3v) is 5.45. The van der Waals surface area contributed by atoms with E-state index in [1.807, 2.05) is 0 Å². The molecule has 4 rings (SSSR count). The van der Waals surface area contributed by atoms with Crippen LogP contribution in [-0.2, 0) is 9.84 Å². The van der Waals surface area contributed by atoms with Gasteiger partial charge in [0, 0.05) is 17.6 Å². The molecule has 3 aromatic rings. The van der Waals surface area contributed by atoms with E-state index in [-0.39, 0.29) is 0 Å². The zero-order valence-electron chi connectivity index (χ0n) is 13.4. The molecule has 0 aliphatic heterocycles. The molecular formula is C17H17N3O3S. The highest BCUT2D eigenvalue weighted by Crippen LogP contribution is 2.46. The number of aromatic nitrogens is 3. The molecule has 7 heteroatoms. The monoisotopic (exact) mass is 343 g/mol. The number of pyridine rings is 1. The average Bonchev–Trinajstić information content (AvgIpc) is 3.32. The Bertz CT molecular complexity index is 1020. The van der Waals surface area contributed by atoms with Crippen LogP contribution in [0.2, 0.25) is 0 Å². The van der Waals surface area contributed by atoms with E-state index in [4.69, 9.17) is 4.74 Å². The van der Waals surface area contributed by atoms with Crippen LogP contribution in [0, 0.1) is 0 Å². The van der Waals surface area contributed by atoms with E-state index in [0.717, 1.165) is 40.6 Å². The molecule has 1 aromatic carbocycles. The van der Waals surface area contributed by atoms with Crippen LogP contribution in [0.5, 0.6) is 5.88 Å². The van der Waals surface area contributed by atoms with Crippen LogP contribution in [0.15, 0.2) is 35.4 Å². The first-order valence-electron chi connectivity index (χ1n) is 7.70. The van der Waals surface area contributed by atoms with Crippen LogP contribution >= 0.6 is 0 Å². The maximum atomic E-state index is 11.7. The quantitative estimate of drug-likeness (QED) is 0.787. The summed E-state index contributed by atoms with van der Waals surface area (Å²) >= 11 is 0. The Morgan fingerprint density at radius 1 is 1.21 bits per heavy atom. The summed E-state index contributed by atoms with van der Waals surface area (Å²) in [5.41, 5.74) is 3.61.